The Morgan fingerprint density at radius 1 is 1.45 bits per heavy atom. The summed E-state index contributed by atoms with van der Waals surface area (Å²) >= 11 is 0. The Morgan fingerprint density at radius 2 is 2.15 bits per heavy atom. The Kier molecular flexibility index (Phi) is 6.92. The zero-order valence-corrected chi connectivity index (χ0v) is 13.5. The number of nitrogens with two attached hydrogens (primary N) is 1. The van der Waals surface area contributed by atoms with Gasteiger partial charge in [0.25, 0.3) is 0 Å². The van der Waals surface area contributed by atoms with E-state index in [1.165, 1.54) is 0 Å². The molecule has 0 aromatic rings. The third-order valence-electron chi connectivity index (χ3n) is 4.55. The smallest absolute Gasteiger partial charge is 0.223 e. The lowest BCUT2D eigenvalue weighted by atomic mass is 9.78. The molecule has 0 saturated carbocycles. The number of hydrogen-bond acceptors (Lipinski definition) is 4. The van der Waals surface area contributed by atoms with E-state index >= 15 is 0 Å². The van der Waals surface area contributed by atoms with Crippen molar-refractivity contribution in [2.24, 2.45) is 17.1 Å². The van der Waals surface area contributed by atoms with Gasteiger partial charge in [-0.1, -0.05) is 13.8 Å². The molecule has 0 aliphatic carbocycles. The van der Waals surface area contributed by atoms with Gasteiger partial charge in [-0.25, -0.2) is 0 Å². The summed E-state index contributed by atoms with van der Waals surface area (Å²) in [6.07, 6.45) is 1.07. The van der Waals surface area contributed by atoms with Gasteiger partial charge in [0.1, 0.15) is 0 Å². The molecular weight excluding hydrogens is 254 g/mol. The third kappa shape index (κ3) is 5.04. The molecule has 1 aliphatic heterocycles. The maximum atomic E-state index is 11.5. The largest absolute Gasteiger partial charge is 0.380 e. The number of carbonyl (C=O) groups is 1. The number of rotatable bonds is 9. The van der Waals surface area contributed by atoms with Gasteiger partial charge in [0.05, 0.1) is 6.61 Å². The molecule has 1 aliphatic rings. The summed E-state index contributed by atoms with van der Waals surface area (Å²) in [5.41, 5.74) is 5.11. The van der Waals surface area contributed by atoms with Gasteiger partial charge in [0, 0.05) is 38.2 Å². The highest BCUT2D eigenvalue weighted by Crippen LogP contribution is 2.33. The minimum Gasteiger partial charge on any atom is -0.380 e. The highest BCUT2D eigenvalue weighted by Gasteiger charge is 2.39. The van der Waals surface area contributed by atoms with Crippen molar-refractivity contribution >= 4 is 5.91 Å². The highest BCUT2D eigenvalue weighted by molar-refractivity contribution is 5.80. The van der Waals surface area contributed by atoms with Gasteiger partial charge in [0.15, 0.2) is 0 Å². The van der Waals surface area contributed by atoms with E-state index in [4.69, 9.17) is 10.5 Å². The first-order valence-corrected chi connectivity index (χ1v) is 7.66. The van der Waals surface area contributed by atoms with Crippen LogP contribution in [-0.2, 0) is 9.53 Å². The van der Waals surface area contributed by atoms with Crippen molar-refractivity contribution in [1.29, 1.82) is 0 Å². The van der Waals surface area contributed by atoms with Crippen LogP contribution in [0.25, 0.3) is 0 Å². The number of nitrogens with zero attached hydrogens (tertiary/aromatic N) is 2. The van der Waals surface area contributed by atoms with Gasteiger partial charge < -0.3 is 20.3 Å². The topological polar surface area (TPSA) is 58.8 Å². The molecule has 5 heteroatoms. The van der Waals surface area contributed by atoms with Gasteiger partial charge in [-0.2, -0.15) is 0 Å². The number of ether oxygens (including phenoxy) is 1. The van der Waals surface area contributed by atoms with E-state index in [0.29, 0.717) is 5.92 Å². The van der Waals surface area contributed by atoms with Crippen molar-refractivity contribution in [2.75, 3.05) is 53.0 Å². The molecule has 1 rings (SSSR count). The zero-order valence-electron chi connectivity index (χ0n) is 13.5. The second-order valence-corrected chi connectivity index (χ2v) is 6.37. The minimum atomic E-state index is -0.393. The summed E-state index contributed by atoms with van der Waals surface area (Å²) < 4.78 is 5.36. The fraction of sp³-hybridized carbons (Fsp3) is 0.933. The highest BCUT2D eigenvalue weighted by atomic mass is 16.5. The number of likely N-dealkylation sites (tertiary alicyclic amines) is 1. The molecule has 2 N–H and O–H groups in total. The van der Waals surface area contributed by atoms with Crippen LogP contribution >= 0.6 is 0 Å². The summed E-state index contributed by atoms with van der Waals surface area (Å²) in [5.74, 6) is 0.201. The molecule has 20 heavy (non-hydrogen) atoms. The molecule has 1 heterocycles. The van der Waals surface area contributed by atoms with Crippen molar-refractivity contribution in [2.45, 2.75) is 27.2 Å². The lowest BCUT2D eigenvalue weighted by molar-refractivity contribution is -0.128. The molecule has 1 amide bonds. The Balaban J connectivity index is 2.26. The van der Waals surface area contributed by atoms with E-state index < -0.39 is 5.41 Å². The summed E-state index contributed by atoms with van der Waals surface area (Å²) in [7, 11) is 2.12. The molecule has 1 saturated heterocycles. The van der Waals surface area contributed by atoms with E-state index in [2.05, 4.69) is 16.8 Å². The molecule has 5 nitrogen and oxygen atoms in total. The predicted octanol–water partition coefficient (Wildman–Crippen LogP) is 0.788. The molecule has 0 aromatic carbocycles. The average molecular weight is 285 g/mol. The molecule has 0 radical (unpaired) electrons. The standard InChI is InChI=1S/C15H31N3O2/c1-5-20-11-10-17(4)8-9-18-7-6-13(12-18)15(2,3)14(16)19/h13H,5-12H2,1-4H3,(H2,16,19)/t13-/m1/s1. The molecule has 1 atom stereocenters. The van der Waals surface area contributed by atoms with Crippen LogP contribution in [0.3, 0.4) is 0 Å². The molecule has 0 aromatic heterocycles. The first-order valence-electron chi connectivity index (χ1n) is 7.66. The fourth-order valence-corrected chi connectivity index (χ4v) is 2.61. The summed E-state index contributed by atoms with van der Waals surface area (Å²) in [6, 6.07) is 0. The second kappa shape index (κ2) is 7.96. The normalized spacial score (nSPS) is 20.8. The predicted molar refractivity (Wildman–Crippen MR) is 81.5 cm³/mol. The molecule has 118 valence electrons. The number of hydrogen-bond donors (Lipinski definition) is 1. The Bertz CT molecular complexity index is 307. The van der Waals surface area contributed by atoms with Crippen molar-refractivity contribution in [3.05, 3.63) is 0 Å². The Hall–Kier alpha value is -0.650. The zero-order chi connectivity index (χ0) is 15.2. The molecular formula is C15H31N3O2. The number of amides is 1. The van der Waals surface area contributed by atoms with Crippen LogP contribution in [-0.4, -0.2) is 68.7 Å². The maximum Gasteiger partial charge on any atom is 0.223 e. The van der Waals surface area contributed by atoms with Gasteiger partial charge in [-0.15, -0.1) is 0 Å². The summed E-state index contributed by atoms with van der Waals surface area (Å²) in [5, 5.41) is 0. The first-order chi connectivity index (χ1) is 9.37. The van der Waals surface area contributed by atoms with E-state index in [-0.39, 0.29) is 5.91 Å². The van der Waals surface area contributed by atoms with Crippen LogP contribution in [0.2, 0.25) is 0 Å². The number of primary amides is 1. The monoisotopic (exact) mass is 285 g/mol. The second-order valence-electron chi connectivity index (χ2n) is 6.37. The van der Waals surface area contributed by atoms with E-state index in [9.17, 15) is 4.79 Å². The molecule has 0 bridgehead atoms. The van der Waals surface area contributed by atoms with Gasteiger partial charge >= 0.3 is 0 Å². The van der Waals surface area contributed by atoms with Gasteiger partial charge in [-0.05, 0) is 32.9 Å². The average Bonchev–Trinajstić information content (AvgIpc) is 2.86. The van der Waals surface area contributed by atoms with Crippen molar-refractivity contribution < 1.29 is 9.53 Å². The van der Waals surface area contributed by atoms with Gasteiger partial charge in [-0.3, -0.25) is 4.79 Å². The van der Waals surface area contributed by atoms with Gasteiger partial charge in [0.2, 0.25) is 5.91 Å². The number of carbonyl (C=O) groups excluding carboxylic acids is 1. The molecule has 0 unspecified atom stereocenters. The van der Waals surface area contributed by atoms with Crippen LogP contribution in [0.1, 0.15) is 27.2 Å². The lowest BCUT2D eigenvalue weighted by Crippen LogP contribution is -2.40. The van der Waals surface area contributed by atoms with E-state index in [1.807, 2.05) is 20.8 Å². The maximum absolute atomic E-state index is 11.5. The SMILES string of the molecule is CCOCCN(C)CCN1CC[C@@H](C(C)(C)C(N)=O)C1. The van der Waals surface area contributed by atoms with Crippen LogP contribution in [0, 0.1) is 11.3 Å². The number of likely N-dealkylation sites (N-methyl/N-ethyl adjacent to an activating group) is 1. The first kappa shape index (κ1) is 17.4. The van der Waals surface area contributed by atoms with Crippen LogP contribution in [0.15, 0.2) is 0 Å². The Labute approximate surface area is 123 Å². The fourth-order valence-electron chi connectivity index (χ4n) is 2.61. The van der Waals surface area contributed by atoms with Crippen LogP contribution in [0.4, 0.5) is 0 Å². The van der Waals surface area contributed by atoms with Crippen LogP contribution in [0.5, 0.6) is 0 Å². The quantitative estimate of drug-likeness (QED) is 0.636. The van der Waals surface area contributed by atoms with Crippen LogP contribution < -0.4 is 5.73 Å². The van der Waals surface area contributed by atoms with Crippen molar-refractivity contribution in [1.82, 2.24) is 9.80 Å². The summed E-state index contributed by atoms with van der Waals surface area (Å²) in [6.45, 7) is 12.6. The van der Waals surface area contributed by atoms with E-state index in [0.717, 1.165) is 52.4 Å². The van der Waals surface area contributed by atoms with Crippen molar-refractivity contribution in [3.63, 3.8) is 0 Å². The summed E-state index contributed by atoms with van der Waals surface area (Å²) in [4.78, 5) is 16.2. The lowest BCUT2D eigenvalue weighted by Gasteiger charge is -2.28. The minimum absolute atomic E-state index is 0.182. The van der Waals surface area contributed by atoms with E-state index in [1.54, 1.807) is 0 Å². The Morgan fingerprint density at radius 3 is 2.75 bits per heavy atom. The molecule has 0 spiro atoms. The van der Waals surface area contributed by atoms with Crippen molar-refractivity contribution in [3.8, 4) is 0 Å². The third-order valence-corrected chi connectivity index (χ3v) is 4.55. The molecule has 1 fully saturated rings.